The largest absolute Gasteiger partial charge is 0.329 e. The van der Waals surface area contributed by atoms with Crippen LogP contribution in [0, 0.1) is 11.8 Å². The molecule has 3 heteroatoms. The average Bonchev–Trinajstić information content (AvgIpc) is 2.58. The second-order valence-corrected chi connectivity index (χ2v) is 7.71. The van der Waals surface area contributed by atoms with Crippen molar-refractivity contribution in [2.45, 2.75) is 51.8 Å². The summed E-state index contributed by atoms with van der Waals surface area (Å²) in [5.41, 5.74) is 6.41. The van der Waals surface area contributed by atoms with Gasteiger partial charge in [-0.25, -0.2) is 0 Å². The summed E-state index contributed by atoms with van der Waals surface area (Å²) in [6.45, 7) is 14.8. The van der Waals surface area contributed by atoms with E-state index in [4.69, 9.17) is 5.73 Å². The molecular weight excluding hydrogens is 228 g/mol. The summed E-state index contributed by atoms with van der Waals surface area (Å²) in [6, 6.07) is 0. The van der Waals surface area contributed by atoms with Gasteiger partial charge >= 0.3 is 0 Å². The van der Waals surface area contributed by atoms with Gasteiger partial charge in [-0.05, 0) is 24.0 Å². The lowest BCUT2D eigenvalue weighted by Gasteiger charge is -2.45. The molecule has 0 amide bonds. The van der Waals surface area contributed by atoms with Crippen LogP contribution in [0.1, 0.15) is 41.0 Å². The van der Waals surface area contributed by atoms with Crippen LogP contribution in [-0.2, 0) is 0 Å². The van der Waals surface area contributed by atoms with Crippen molar-refractivity contribution in [2.24, 2.45) is 17.6 Å². The van der Waals surface area contributed by atoms with E-state index < -0.39 is 0 Å². The molecule has 0 aromatic heterocycles. The molecule has 0 radical (unpaired) electrons. The molecule has 17 heavy (non-hydrogen) atoms. The van der Waals surface area contributed by atoms with Gasteiger partial charge in [-0.2, -0.15) is 11.8 Å². The number of nitrogens with two attached hydrogens (primary N) is 1. The Hall–Kier alpha value is 0.270. The fourth-order valence-corrected chi connectivity index (χ4v) is 4.40. The highest BCUT2D eigenvalue weighted by molar-refractivity contribution is 8.00. The predicted molar refractivity (Wildman–Crippen MR) is 79.6 cm³/mol. The first-order chi connectivity index (χ1) is 7.92. The minimum atomic E-state index is 0.249. The van der Waals surface area contributed by atoms with E-state index in [-0.39, 0.29) is 5.54 Å². The van der Waals surface area contributed by atoms with Crippen LogP contribution in [0.15, 0.2) is 0 Å². The second-order valence-electron chi connectivity index (χ2n) is 6.26. The molecule has 0 spiro atoms. The third kappa shape index (κ3) is 3.62. The molecule has 2 nitrogen and oxygen atoms in total. The maximum absolute atomic E-state index is 6.16. The van der Waals surface area contributed by atoms with Crippen LogP contribution in [0.3, 0.4) is 0 Å². The highest BCUT2D eigenvalue weighted by Gasteiger charge is 2.44. The molecule has 2 unspecified atom stereocenters. The molecule has 1 aliphatic heterocycles. The summed E-state index contributed by atoms with van der Waals surface area (Å²) in [7, 11) is 0. The van der Waals surface area contributed by atoms with E-state index in [0.717, 1.165) is 18.4 Å². The standard InChI is InChI=1S/C14H30N2S/c1-11(2)8-16(9-12(3)4)14(10-15)6-7-17-13(14)5/h11-13H,6-10,15H2,1-5H3. The molecule has 2 atom stereocenters. The molecule has 2 N–H and O–H groups in total. The van der Waals surface area contributed by atoms with Crippen LogP contribution >= 0.6 is 11.8 Å². The Kier molecular flexibility index (Phi) is 5.81. The summed E-state index contributed by atoms with van der Waals surface area (Å²) < 4.78 is 0. The SMILES string of the molecule is CC(C)CN(CC(C)C)C1(CN)CCSC1C. The van der Waals surface area contributed by atoms with Crippen molar-refractivity contribution in [3.63, 3.8) is 0 Å². The Labute approximate surface area is 112 Å². The van der Waals surface area contributed by atoms with E-state index in [1.165, 1.54) is 25.3 Å². The zero-order chi connectivity index (χ0) is 13.1. The van der Waals surface area contributed by atoms with Crippen LogP contribution in [0.5, 0.6) is 0 Å². The molecule has 1 heterocycles. The second kappa shape index (κ2) is 6.44. The van der Waals surface area contributed by atoms with Crippen LogP contribution in [0.4, 0.5) is 0 Å². The first-order valence-electron chi connectivity index (χ1n) is 6.99. The monoisotopic (exact) mass is 258 g/mol. The minimum absolute atomic E-state index is 0.249. The van der Waals surface area contributed by atoms with E-state index >= 15 is 0 Å². The maximum atomic E-state index is 6.16. The molecule has 0 aromatic carbocycles. The summed E-state index contributed by atoms with van der Waals surface area (Å²) >= 11 is 2.09. The van der Waals surface area contributed by atoms with Gasteiger partial charge in [-0.3, -0.25) is 4.90 Å². The molecule has 0 aromatic rings. The van der Waals surface area contributed by atoms with Gasteiger partial charge in [-0.15, -0.1) is 0 Å². The van der Waals surface area contributed by atoms with Gasteiger partial charge in [0.25, 0.3) is 0 Å². The average molecular weight is 258 g/mol. The lowest BCUT2D eigenvalue weighted by molar-refractivity contribution is 0.0711. The Bertz CT molecular complexity index is 220. The minimum Gasteiger partial charge on any atom is -0.329 e. The van der Waals surface area contributed by atoms with Crippen LogP contribution in [0.25, 0.3) is 0 Å². The summed E-state index contributed by atoms with van der Waals surface area (Å²) in [5, 5.41) is 0.671. The van der Waals surface area contributed by atoms with Crippen LogP contribution in [-0.4, -0.2) is 41.1 Å². The molecule has 0 aliphatic carbocycles. The zero-order valence-corrected chi connectivity index (χ0v) is 13.0. The molecule has 0 bridgehead atoms. The predicted octanol–water partition coefficient (Wildman–Crippen LogP) is 2.82. The van der Waals surface area contributed by atoms with Gasteiger partial charge in [0.1, 0.15) is 0 Å². The van der Waals surface area contributed by atoms with Crippen molar-refractivity contribution in [3.8, 4) is 0 Å². The van der Waals surface area contributed by atoms with Crippen molar-refractivity contribution in [1.82, 2.24) is 4.90 Å². The topological polar surface area (TPSA) is 29.3 Å². The van der Waals surface area contributed by atoms with Crippen molar-refractivity contribution in [3.05, 3.63) is 0 Å². The molecule has 1 saturated heterocycles. The van der Waals surface area contributed by atoms with Gasteiger partial charge < -0.3 is 5.73 Å². The van der Waals surface area contributed by atoms with Crippen molar-refractivity contribution in [1.29, 1.82) is 0 Å². The van der Waals surface area contributed by atoms with E-state index in [9.17, 15) is 0 Å². The normalized spacial score (nSPS) is 29.8. The van der Waals surface area contributed by atoms with Crippen LogP contribution < -0.4 is 5.73 Å². The highest BCUT2D eigenvalue weighted by Crippen LogP contribution is 2.40. The van der Waals surface area contributed by atoms with Crippen molar-refractivity contribution >= 4 is 11.8 Å². The number of thioether (sulfide) groups is 1. The number of rotatable bonds is 6. The van der Waals surface area contributed by atoms with Gasteiger partial charge in [0.15, 0.2) is 0 Å². The van der Waals surface area contributed by atoms with Gasteiger partial charge in [0, 0.05) is 30.4 Å². The summed E-state index contributed by atoms with van der Waals surface area (Å²) in [6.07, 6.45) is 1.26. The Morgan fingerprint density at radius 1 is 1.24 bits per heavy atom. The smallest absolute Gasteiger partial charge is 0.0455 e. The fraction of sp³-hybridized carbons (Fsp3) is 1.00. The lowest BCUT2D eigenvalue weighted by atomic mass is 9.88. The zero-order valence-electron chi connectivity index (χ0n) is 12.2. The maximum Gasteiger partial charge on any atom is 0.0455 e. The van der Waals surface area contributed by atoms with E-state index in [0.29, 0.717) is 5.25 Å². The van der Waals surface area contributed by atoms with Gasteiger partial charge in [0.2, 0.25) is 0 Å². The van der Waals surface area contributed by atoms with E-state index in [1.54, 1.807) is 0 Å². The molecule has 102 valence electrons. The highest BCUT2D eigenvalue weighted by atomic mass is 32.2. The Morgan fingerprint density at radius 3 is 2.06 bits per heavy atom. The molecule has 0 saturated carbocycles. The third-order valence-electron chi connectivity index (χ3n) is 3.81. The van der Waals surface area contributed by atoms with Crippen molar-refractivity contribution < 1.29 is 0 Å². The first-order valence-corrected chi connectivity index (χ1v) is 8.04. The number of hydrogen-bond acceptors (Lipinski definition) is 3. The van der Waals surface area contributed by atoms with E-state index in [1.807, 2.05) is 0 Å². The fourth-order valence-electron chi connectivity index (χ4n) is 2.90. The number of hydrogen-bond donors (Lipinski definition) is 1. The lowest BCUT2D eigenvalue weighted by Crippen LogP contribution is -2.59. The van der Waals surface area contributed by atoms with Crippen LogP contribution in [0.2, 0.25) is 0 Å². The van der Waals surface area contributed by atoms with Gasteiger partial charge in [0.05, 0.1) is 0 Å². The summed E-state index contributed by atoms with van der Waals surface area (Å²) in [4.78, 5) is 2.69. The Morgan fingerprint density at radius 2 is 1.76 bits per heavy atom. The van der Waals surface area contributed by atoms with Crippen molar-refractivity contribution in [2.75, 3.05) is 25.4 Å². The number of nitrogens with zero attached hydrogens (tertiary/aromatic N) is 1. The molecule has 1 aliphatic rings. The molecule has 1 rings (SSSR count). The molecular formula is C14H30N2S. The van der Waals surface area contributed by atoms with E-state index in [2.05, 4.69) is 51.3 Å². The Balaban J connectivity index is 2.84. The first kappa shape index (κ1) is 15.3. The quantitative estimate of drug-likeness (QED) is 0.794. The molecule has 1 fully saturated rings. The van der Waals surface area contributed by atoms with Gasteiger partial charge in [-0.1, -0.05) is 34.6 Å². The summed E-state index contributed by atoms with van der Waals surface area (Å²) in [5.74, 6) is 2.70. The third-order valence-corrected chi connectivity index (χ3v) is 5.19.